The van der Waals surface area contributed by atoms with Crippen molar-refractivity contribution in [2.24, 2.45) is 4.99 Å². The van der Waals surface area contributed by atoms with Crippen molar-refractivity contribution in [2.45, 2.75) is 32.4 Å². The number of aliphatic imine (C=N–C) groups is 1. The van der Waals surface area contributed by atoms with Gasteiger partial charge in [0, 0.05) is 37.2 Å². The van der Waals surface area contributed by atoms with Crippen molar-refractivity contribution in [1.82, 2.24) is 15.6 Å². The summed E-state index contributed by atoms with van der Waals surface area (Å²) in [5.41, 5.74) is 2.15. The summed E-state index contributed by atoms with van der Waals surface area (Å²) in [6, 6.07) is 10.2. The summed E-state index contributed by atoms with van der Waals surface area (Å²) in [7, 11) is 0. The quantitative estimate of drug-likeness (QED) is 0.393. The van der Waals surface area contributed by atoms with Crippen LogP contribution in [0.3, 0.4) is 0 Å². The number of nitrogens with one attached hydrogen (secondary N) is 2. The van der Waals surface area contributed by atoms with Gasteiger partial charge in [-0.15, -0.1) is 11.3 Å². The summed E-state index contributed by atoms with van der Waals surface area (Å²) in [6.07, 6.45) is 2.22. The summed E-state index contributed by atoms with van der Waals surface area (Å²) in [4.78, 5) is 9.34. The predicted octanol–water partition coefficient (Wildman–Crippen LogP) is 3.06. The second-order valence-corrected chi connectivity index (χ2v) is 7.27. The zero-order chi connectivity index (χ0) is 18.7. The molecule has 7 heteroatoms. The second kappa shape index (κ2) is 11.0. The third kappa shape index (κ3) is 6.61. The molecule has 6 nitrogen and oxygen atoms in total. The minimum Gasteiger partial charge on any atom is -0.379 e. The normalized spacial score (nSPS) is 17.2. The van der Waals surface area contributed by atoms with Crippen molar-refractivity contribution in [1.29, 1.82) is 0 Å². The molecule has 3 rings (SSSR count). The van der Waals surface area contributed by atoms with Gasteiger partial charge in [0.2, 0.25) is 0 Å². The van der Waals surface area contributed by atoms with E-state index >= 15 is 0 Å². The zero-order valence-corrected chi connectivity index (χ0v) is 16.6. The Kier molecular flexibility index (Phi) is 8.07. The Hall–Kier alpha value is -1.96. The van der Waals surface area contributed by atoms with Crippen LogP contribution in [-0.2, 0) is 16.0 Å². The standard InChI is InChI=1S/C20H28N4O2S/c1-2-21-20(22-10-6-11-26-17-9-12-25-14-17)23-13-19-24-18(15-27-19)16-7-4-3-5-8-16/h3-5,7-8,15,17H,2,6,9-14H2,1H3,(H2,21,22,23). The van der Waals surface area contributed by atoms with E-state index in [1.165, 1.54) is 0 Å². The van der Waals surface area contributed by atoms with Crippen LogP contribution in [0.25, 0.3) is 11.3 Å². The summed E-state index contributed by atoms with van der Waals surface area (Å²) in [6.45, 7) is 6.59. The lowest BCUT2D eigenvalue weighted by Crippen LogP contribution is -2.38. The number of aromatic nitrogens is 1. The van der Waals surface area contributed by atoms with E-state index in [0.29, 0.717) is 6.54 Å². The minimum absolute atomic E-state index is 0.274. The first kappa shape index (κ1) is 19.8. The Morgan fingerprint density at radius 1 is 1.33 bits per heavy atom. The maximum atomic E-state index is 5.79. The Morgan fingerprint density at radius 3 is 3.00 bits per heavy atom. The molecular weight excluding hydrogens is 360 g/mol. The Balaban J connectivity index is 1.43. The third-order valence-corrected chi connectivity index (χ3v) is 5.03. The highest BCUT2D eigenvalue weighted by atomic mass is 32.1. The Labute approximate surface area is 165 Å². The molecule has 146 valence electrons. The van der Waals surface area contributed by atoms with Crippen LogP contribution in [0, 0.1) is 0 Å². The summed E-state index contributed by atoms with van der Waals surface area (Å²) < 4.78 is 11.1. The van der Waals surface area contributed by atoms with E-state index in [9.17, 15) is 0 Å². The van der Waals surface area contributed by atoms with Crippen molar-refractivity contribution in [3.8, 4) is 11.3 Å². The van der Waals surface area contributed by atoms with Gasteiger partial charge >= 0.3 is 0 Å². The van der Waals surface area contributed by atoms with Gasteiger partial charge in [0.1, 0.15) is 5.01 Å². The summed E-state index contributed by atoms with van der Waals surface area (Å²) >= 11 is 1.64. The number of ether oxygens (including phenoxy) is 2. The van der Waals surface area contributed by atoms with E-state index in [1.54, 1.807) is 11.3 Å². The van der Waals surface area contributed by atoms with Crippen LogP contribution in [0.15, 0.2) is 40.7 Å². The molecule has 0 bridgehead atoms. The van der Waals surface area contributed by atoms with E-state index in [0.717, 1.165) is 68.0 Å². The van der Waals surface area contributed by atoms with E-state index in [1.807, 2.05) is 18.2 Å². The van der Waals surface area contributed by atoms with Crippen LogP contribution < -0.4 is 10.6 Å². The monoisotopic (exact) mass is 388 g/mol. The maximum absolute atomic E-state index is 5.79. The molecule has 0 spiro atoms. The molecule has 1 saturated heterocycles. The van der Waals surface area contributed by atoms with Crippen LogP contribution in [0.4, 0.5) is 0 Å². The van der Waals surface area contributed by atoms with Crippen molar-refractivity contribution in [3.63, 3.8) is 0 Å². The van der Waals surface area contributed by atoms with Gasteiger partial charge in [0.15, 0.2) is 5.96 Å². The number of benzene rings is 1. The first-order valence-electron chi connectivity index (χ1n) is 9.56. The highest BCUT2D eigenvalue weighted by Gasteiger charge is 2.15. The Morgan fingerprint density at radius 2 is 2.22 bits per heavy atom. The van der Waals surface area contributed by atoms with Crippen LogP contribution in [0.1, 0.15) is 24.8 Å². The van der Waals surface area contributed by atoms with Gasteiger partial charge in [-0.2, -0.15) is 0 Å². The van der Waals surface area contributed by atoms with Crippen molar-refractivity contribution in [2.75, 3.05) is 32.9 Å². The highest BCUT2D eigenvalue weighted by Crippen LogP contribution is 2.21. The molecular formula is C20H28N4O2S. The second-order valence-electron chi connectivity index (χ2n) is 6.32. The molecule has 1 fully saturated rings. The number of guanidine groups is 1. The van der Waals surface area contributed by atoms with Gasteiger partial charge in [-0.05, 0) is 19.8 Å². The van der Waals surface area contributed by atoms with Crippen LogP contribution in [0.2, 0.25) is 0 Å². The van der Waals surface area contributed by atoms with Gasteiger partial charge in [-0.1, -0.05) is 30.3 Å². The molecule has 2 N–H and O–H groups in total. The third-order valence-electron chi connectivity index (χ3n) is 4.19. The molecule has 0 saturated carbocycles. The smallest absolute Gasteiger partial charge is 0.191 e. The maximum Gasteiger partial charge on any atom is 0.191 e. The SMILES string of the molecule is CCNC(=NCc1nc(-c2ccccc2)cs1)NCCCOC1CCOC1. The van der Waals surface area contributed by atoms with Gasteiger partial charge in [0.05, 0.1) is 24.9 Å². The predicted molar refractivity (Wildman–Crippen MR) is 110 cm³/mol. The molecule has 1 aliphatic heterocycles. The number of thiazole rings is 1. The fourth-order valence-electron chi connectivity index (χ4n) is 2.79. The number of hydrogen-bond acceptors (Lipinski definition) is 5. The molecule has 27 heavy (non-hydrogen) atoms. The summed E-state index contributed by atoms with van der Waals surface area (Å²) in [5.74, 6) is 0.818. The van der Waals surface area contributed by atoms with Crippen molar-refractivity contribution >= 4 is 17.3 Å². The topological polar surface area (TPSA) is 67.8 Å². The van der Waals surface area contributed by atoms with Crippen molar-refractivity contribution < 1.29 is 9.47 Å². The molecule has 1 aliphatic rings. The van der Waals surface area contributed by atoms with E-state index in [2.05, 4.69) is 40.1 Å². The molecule has 1 aromatic heterocycles. The molecule has 0 radical (unpaired) electrons. The number of nitrogens with zero attached hydrogens (tertiary/aromatic N) is 2. The number of rotatable bonds is 9. The lowest BCUT2D eigenvalue weighted by atomic mass is 10.2. The molecule has 1 unspecified atom stereocenters. The molecule has 2 heterocycles. The number of hydrogen-bond donors (Lipinski definition) is 2. The Bertz CT molecular complexity index is 699. The molecule has 2 aromatic rings. The molecule has 1 aromatic carbocycles. The average Bonchev–Trinajstić information content (AvgIpc) is 3.38. The van der Waals surface area contributed by atoms with E-state index in [-0.39, 0.29) is 6.10 Å². The van der Waals surface area contributed by atoms with Crippen LogP contribution in [-0.4, -0.2) is 50.0 Å². The molecule has 0 amide bonds. The largest absolute Gasteiger partial charge is 0.379 e. The van der Waals surface area contributed by atoms with Gasteiger partial charge in [-0.25, -0.2) is 9.98 Å². The summed E-state index contributed by atoms with van der Waals surface area (Å²) in [5, 5.41) is 9.74. The molecule has 0 aliphatic carbocycles. The van der Waals surface area contributed by atoms with Crippen LogP contribution in [0.5, 0.6) is 0 Å². The fraction of sp³-hybridized carbons (Fsp3) is 0.500. The average molecular weight is 389 g/mol. The first-order valence-corrected chi connectivity index (χ1v) is 10.4. The minimum atomic E-state index is 0.274. The van der Waals surface area contributed by atoms with Crippen molar-refractivity contribution in [3.05, 3.63) is 40.7 Å². The van der Waals surface area contributed by atoms with Gasteiger partial charge in [-0.3, -0.25) is 0 Å². The van der Waals surface area contributed by atoms with Crippen LogP contribution >= 0.6 is 11.3 Å². The highest BCUT2D eigenvalue weighted by molar-refractivity contribution is 7.09. The fourth-order valence-corrected chi connectivity index (χ4v) is 3.51. The molecule has 1 atom stereocenters. The van der Waals surface area contributed by atoms with E-state index < -0.39 is 0 Å². The van der Waals surface area contributed by atoms with Gasteiger partial charge < -0.3 is 20.1 Å². The van der Waals surface area contributed by atoms with E-state index in [4.69, 9.17) is 14.5 Å². The first-order chi connectivity index (χ1) is 13.3. The lowest BCUT2D eigenvalue weighted by Gasteiger charge is -2.12. The van der Waals surface area contributed by atoms with Gasteiger partial charge in [0.25, 0.3) is 0 Å². The lowest BCUT2D eigenvalue weighted by molar-refractivity contribution is 0.0420. The zero-order valence-electron chi connectivity index (χ0n) is 15.8.